The van der Waals surface area contributed by atoms with Gasteiger partial charge < -0.3 is 4.90 Å². The molecule has 0 radical (unpaired) electrons. The fourth-order valence-electron chi connectivity index (χ4n) is 3.52. The van der Waals surface area contributed by atoms with Crippen molar-refractivity contribution in [1.82, 2.24) is 8.87 Å². The van der Waals surface area contributed by atoms with Crippen LogP contribution < -0.4 is 0 Å². The normalized spacial score (nSPS) is 16.0. The molecule has 0 unspecified atom stereocenters. The van der Waals surface area contributed by atoms with Gasteiger partial charge in [0.05, 0.1) is 10.4 Å². The van der Waals surface area contributed by atoms with Crippen LogP contribution in [0.4, 0.5) is 0 Å². The van der Waals surface area contributed by atoms with Gasteiger partial charge in [0.2, 0.25) is 0 Å². The molecule has 2 aromatic carbocycles. The summed E-state index contributed by atoms with van der Waals surface area (Å²) in [6.45, 7) is 3.81. The molecule has 1 aliphatic heterocycles. The van der Waals surface area contributed by atoms with Crippen LogP contribution in [0.2, 0.25) is 0 Å². The van der Waals surface area contributed by atoms with Gasteiger partial charge in [0.15, 0.2) is 0 Å². The summed E-state index contributed by atoms with van der Waals surface area (Å²) in [5.74, 6) is 0. The van der Waals surface area contributed by atoms with Crippen LogP contribution in [0.3, 0.4) is 0 Å². The summed E-state index contributed by atoms with van der Waals surface area (Å²) < 4.78 is 27.9. The van der Waals surface area contributed by atoms with Gasteiger partial charge in [-0.1, -0.05) is 42.0 Å². The Labute approximate surface area is 154 Å². The molecular formula is C21H22N2O2S. The Balaban J connectivity index is 1.91. The Morgan fingerprint density at radius 2 is 1.73 bits per heavy atom. The first-order chi connectivity index (χ1) is 12.5. The lowest BCUT2D eigenvalue weighted by Gasteiger charge is -2.22. The van der Waals surface area contributed by atoms with Gasteiger partial charge in [-0.3, -0.25) is 0 Å². The second-order valence-corrected chi connectivity index (χ2v) is 8.74. The topological polar surface area (TPSA) is 42.3 Å². The average molecular weight is 366 g/mol. The van der Waals surface area contributed by atoms with Gasteiger partial charge in [-0.05, 0) is 44.2 Å². The first kappa shape index (κ1) is 17.1. The van der Waals surface area contributed by atoms with Crippen molar-refractivity contribution in [3.8, 4) is 0 Å². The van der Waals surface area contributed by atoms with E-state index in [4.69, 9.17) is 0 Å². The third-order valence-electron chi connectivity index (χ3n) is 4.94. The summed E-state index contributed by atoms with van der Waals surface area (Å²) in [6.07, 6.45) is 4.99. The van der Waals surface area contributed by atoms with Crippen LogP contribution in [-0.2, 0) is 10.0 Å². The third kappa shape index (κ3) is 2.87. The molecule has 0 fully saturated rings. The first-order valence-electron chi connectivity index (χ1n) is 8.77. The molecule has 0 atom stereocenters. The molecule has 134 valence electrons. The van der Waals surface area contributed by atoms with Crippen molar-refractivity contribution in [2.24, 2.45) is 0 Å². The Kier molecular flexibility index (Phi) is 4.21. The maximum atomic E-state index is 13.3. The van der Waals surface area contributed by atoms with Crippen LogP contribution >= 0.6 is 0 Å². The molecule has 0 spiro atoms. The largest absolute Gasteiger partial charge is 0.302 e. The van der Waals surface area contributed by atoms with Crippen molar-refractivity contribution in [3.05, 3.63) is 71.9 Å². The van der Waals surface area contributed by atoms with E-state index in [0.29, 0.717) is 4.90 Å². The molecule has 0 N–H and O–H groups in total. The lowest BCUT2D eigenvalue weighted by molar-refractivity contribution is 0.373. The number of hydrogen-bond donors (Lipinski definition) is 0. The molecule has 3 aromatic rings. The van der Waals surface area contributed by atoms with E-state index in [-0.39, 0.29) is 0 Å². The zero-order chi connectivity index (χ0) is 18.3. The second kappa shape index (κ2) is 6.41. The zero-order valence-electron chi connectivity index (χ0n) is 15.0. The van der Waals surface area contributed by atoms with Crippen molar-refractivity contribution in [1.29, 1.82) is 0 Å². The van der Waals surface area contributed by atoms with Gasteiger partial charge in [0.25, 0.3) is 10.0 Å². The van der Waals surface area contributed by atoms with Crippen molar-refractivity contribution in [2.75, 3.05) is 20.1 Å². The smallest absolute Gasteiger partial charge is 0.268 e. The third-order valence-corrected chi connectivity index (χ3v) is 6.63. The van der Waals surface area contributed by atoms with Gasteiger partial charge in [-0.2, -0.15) is 0 Å². The first-order valence-corrected chi connectivity index (χ1v) is 10.2. The summed E-state index contributed by atoms with van der Waals surface area (Å²) in [5.41, 5.74) is 3.95. The summed E-state index contributed by atoms with van der Waals surface area (Å²) in [5, 5.41) is 0.977. The molecule has 26 heavy (non-hydrogen) atoms. The maximum Gasteiger partial charge on any atom is 0.268 e. The summed E-state index contributed by atoms with van der Waals surface area (Å²) in [7, 11) is -1.55. The molecule has 0 saturated heterocycles. The van der Waals surface area contributed by atoms with Crippen LogP contribution in [0.1, 0.15) is 17.5 Å². The number of fused-ring (bicyclic) bond motifs is 1. The van der Waals surface area contributed by atoms with E-state index >= 15 is 0 Å². The van der Waals surface area contributed by atoms with Crippen LogP contribution in [-0.4, -0.2) is 37.4 Å². The van der Waals surface area contributed by atoms with Gasteiger partial charge >= 0.3 is 0 Å². The monoisotopic (exact) mass is 366 g/mol. The lowest BCUT2D eigenvalue weighted by Crippen LogP contribution is -2.24. The molecule has 2 heterocycles. The number of nitrogens with zero attached hydrogens (tertiary/aromatic N) is 2. The number of hydrogen-bond acceptors (Lipinski definition) is 3. The number of rotatable bonds is 3. The van der Waals surface area contributed by atoms with Gasteiger partial charge in [0.1, 0.15) is 0 Å². The van der Waals surface area contributed by atoms with Crippen molar-refractivity contribution in [3.63, 3.8) is 0 Å². The Morgan fingerprint density at radius 3 is 2.46 bits per heavy atom. The SMILES string of the molecule is Cc1ccc(S(=O)(=O)n2cc(C3=CCCN(C)C3)c3ccccc32)cc1. The molecule has 0 bridgehead atoms. The van der Waals surface area contributed by atoms with Crippen LogP contribution in [0.5, 0.6) is 0 Å². The molecule has 4 rings (SSSR count). The highest BCUT2D eigenvalue weighted by Crippen LogP contribution is 2.32. The predicted molar refractivity (Wildman–Crippen MR) is 106 cm³/mol. The van der Waals surface area contributed by atoms with Gasteiger partial charge in [-0.25, -0.2) is 12.4 Å². The number of benzene rings is 2. The number of para-hydroxylation sites is 1. The molecular weight excluding hydrogens is 344 g/mol. The van der Waals surface area contributed by atoms with Crippen molar-refractivity contribution in [2.45, 2.75) is 18.2 Å². The molecule has 0 amide bonds. The molecule has 1 aromatic heterocycles. The zero-order valence-corrected chi connectivity index (χ0v) is 15.8. The van der Waals surface area contributed by atoms with Crippen LogP contribution in [0.25, 0.3) is 16.5 Å². The Hall–Kier alpha value is -2.37. The highest BCUT2D eigenvalue weighted by Gasteiger charge is 2.23. The fourth-order valence-corrected chi connectivity index (χ4v) is 4.89. The Morgan fingerprint density at radius 1 is 1.00 bits per heavy atom. The Bertz CT molecular complexity index is 1090. The van der Waals surface area contributed by atoms with Crippen molar-refractivity contribution < 1.29 is 8.42 Å². The van der Waals surface area contributed by atoms with E-state index in [2.05, 4.69) is 18.0 Å². The van der Waals surface area contributed by atoms with Crippen LogP contribution in [0.15, 0.2) is 65.7 Å². The number of aromatic nitrogens is 1. The number of aryl methyl sites for hydroxylation is 1. The van der Waals surface area contributed by atoms with Crippen LogP contribution in [0, 0.1) is 6.92 Å². The summed E-state index contributed by atoms with van der Waals surface area (Å²) >= 11 is 0. The summed E-state index contributed by atoms with van der Waals surface area (Å²) in [4.78, 5) is 2.57. The minimum atomic E-state index is -3.64. The molecule has 1 aliphatic rings. The summed E-state index contributed by atoms with van der Waals surface area (Å²) in [6, 6.07) is 14.7. The standard InChI is InChI=1S/C21H22N2O2S/c1-16-9-11-18(12-10-16)26(24,25)23-15-20(17-6-5-13-22(2)14-17)19-7-3-4-8-21(19)23/h3-4,6-12,15H,5,13-14H2,1-2H3. The van der Waals surface area contributed by atoms with E-state index in [9.17, 15) is 8.42 Å². The van der Waals surface area contributed by atoms with Crippen molar-refractivity contribution >= 4 is 26.5 Å². The van der Waals surface area contributed by atoms with E-state index < -0.39 is 10.0 Å². The minimum absolute atomic E-state index is 0.310. The molecule has 0 aliphatic carbocycles. The molecule has 5 heteroatoms. The molecule has 0 saturated carbocycles. The highest BCUT2D eigenvalue weighted by molar-refractivity contribution is 7.90. The van der Waals surface area contributed by atoms with E-state index in [1.54, 1.807) is 18.3 Å². The highest BCUT2D eigenvalue weighted by atomic mass is 32.2. The predicted octanol–water partition coefficient (Wildman–Crippen LogP) is 3.91. The number of likely N-dealkylation sites (N-methyl/N-ethyl adjacent to an activating group) is 1. The second-order valence-electron chi connectivity index (χ2n) is 6.93. The van der Waals surface area contributed by atoms with E-state index in [1.165, 1.54) is 9.55 Å². The van der Waals surface area contributed by atoms with Gasteiger partial charge in [0, 0.05) is 30.2 Å². The minimum Gasteiger partial charge on any atom is -0.302 e. The maximum absolute atomic E-state index is 13.3. The molecule has 4 nitrogen and oxygen atoms in total. The average Bonchev–Trinajstić information content (AvgIpc) is 3.03. The van der Waals surface area contributed by atoms with E-state index in [1.807, 2.05) is 43.3 Å². The fraction of sp³-hybridized carbons (Fsp3) is 0.238. The van der Waals surface area contributed by atoms with E-state index in [0.717, 1.165) is 41.5 Å². The lowest BCUT2D eigenvalue weighted by atomic mass is 10.0. The van der Waals surface area contributed by atoms with Gasteiger partial charge in [-0.15, -0.1) is 0 Å². The quantitative estimate of drug-likeness (QED) is 0.706.